The van der Waals surface area contributed by atoms with Crippen molar-refractivity contribution < 1.29 is 0 Å². The van der Waals surface area contributed by atoms with Crippen molar-refractivity contribution in [2.45, 2.75) is 45.4 Å². The van der Waals surface area contributed by atoms with E-state index in [4.69, 9.17) is 0 Å². The molecule has 0 bridgehead atoms. The minimum Gasteiger partial charge on any atom is -0.309 e. The first kappa shape index (κ1) is 32.5. The van der Waals surface area contributed by atoms with Crippen LogP contribution in [0.4, 0.5) is 17.1 Å². The van der Waals surface area contributed by atoms with Gasteiger partial charge in [0.2, 0.25) is 0 Å². The molecule has 0 N–H and O–H groups in total. The Bertz CT molecular complexity index is 2780. The summed E-state index contributed by atoms with van der Waals surface area (Å²) in [5, 5.41) is 2.51. The van der Waals surface area contributed by atoms with Crippen LogP contribution < -0.4 is 4.90 Å². The fourth-order valence-electron chi connectivity index (χ4n) is 9.59. The Kier molecular flexibility index (Phi) is 7.17. The van der Waals surface area contributed by atoms with Crippen LogP contribution in [-0.2, 0) is 10.8 Å². The van der Waals surface area contributed by atoms with Gasteiger partial charge in [-0.05, 0) is 115 Å². The van der Waals surface area contributed by atoms with Crippen LogP contribution in [0.3, 0.4) is 0 Å². The Morgan fingerprint density at radius 1 is 0.389 bits per heavy atom. The van der Waals surface area contributed by atoms with Crippen LogP contribution in [-0.4, -0.2) is 0 Å². The van der Waals surface area contributed by atoms with Gasteiger partial charge < -0.3 is 4.90 Å². The highest BCUT2D eigenvalue weighted by molar-refractivity contribution is 6.00. The van der Waals surface area contributed by atoms with Crippen molar-refractivity contribution in [2.24, 2.45) is 0 Å². The number of hydrogen-bond acceptors (Lipinski definition) is 1. The molecule has 0 aromatic heterocycles. The first-order valence-corrected chi connectivity index (χ1v) is 19.2. The van der Waals surface area contributed by atoms with Crippen molar-refractivity contribution in [3.8, 4) is 44.5 Å². The van der Waals surface area contributed by atoms with Gasteiger partial charge in [0.05, 0.1) is 11.4 Å². The van der Waals surface area contributed by atoms with E-state index in [9.17, 15) is 0 Å². The Hall–Kier alpha value is -6.18. The average Bonchev–Trinajstić information content (AvgIpc) is 3.58. The number of hydrogen-bond donors (Lipinski definition) is 0. The van der Waals surface area contributed by atoms with Crippen molar-refractivity contribution in [2.75, 3.05) is 4.90 Å². The van der Waals surface area contributed by atoms with Gasteiger partial charge in [0.1, 0.15) is 0 Å². The van der Waals surface area contributed by atoms with Crippen LogP contribution in [0.15, 0.2) is 170 Å². The number of fused-ring (bicyclic) bond motifs is 7. The maximum Gasteiger partial charge on any atom is 0.0569 e. The average molecular weight is 694 g/mol. The van der Waals surface area contributed by atoms with E-state index in [1.54, 1.807) is 0 Å². The summed E-state index contributed by atoms with van der Waals surface area (Å²) < 4.78 is 0. The summed E-state index contributed by atoms with van der Waals surface area (Å²) in [6.45, 7) is 11.8. The number of nitrogens with zero attached hydrogens (tertiary/aromatic N) is 1. The molecule has 8 aromatic carbocycles. The van der Waals surface area contributed by atoms with Crippen molar-refractivity contribution in [3.63, 3.8) is 0 Å². The first-order valence-electron chi connectivity index (χ1n) is 19.2. The van der Waals surface area contributed by atoms with E-state index < -0.39 is 0 Å². The summed E-state index contributed by atoms with van der Waals surface area (Å²) in [6.07, 6.45) is 0. The molecule has 0 saturated carbocycles. The zero-order chi connectivity index (χ0) is 36.8. The lowest BCUT2D eigenvalue weighted by Gasteiger charge is -2.33. The monoisotopic (exact) mass is 693 g/mol. The molecular formula is C53H43N. The van der Waals surface area contributed by atoms with E-state index in [0.717, 1.165) is 0 Å². The van der Waals surface area contributed by atoms with E-state index >= 15 is 0 Å². The smallest absolute Gasteiger partial charge is 0.0569 e. The first-order chi connectivity index (χ1) is 26.2. The molecule has 0 atom stereocenters. The minimum absolute atomic E-state index is 0.119. The molecule has 0 unspecified atom stereocenters. The second kappa shape index (κ2) is 11.9. The topological polar surface area (TPSA) is 3.24 Å². The molecule has 0 heterocycles. The third-order valence-corrected chi connectivity index (χ3v) is 12.3. The Morgan fingerprint density at radius 2 is 1.02 bits per heavy atom. The van der Waals surface area contributed by atoms with Gasteiger partial charge in [-0.2, -0.15) is 0 Å². The molecule has 0 saturated heterocycles. The highest BCUT2D eigenvalue weighted by Gasteiger charge is 2.39. The van der Waals surface area contributed by atoms with Crippen LogP contribution >= 0.6 is 0 Å². The van der Waals surface area contributed by atoms with Gasteiger partial charge in [-0.15, -0.1) is 0 Å². The molecule has 0 spiro atoms. The molecule has 0 amide bonds. The third kappa shape index (κ3) is 4.78. The van der Waals surface area contributed by atoms with Crippen molar-refractivity contribution in [1.29, 1.82) is 0 Å². The summed E-state index contributed by atoms with van der Waals surface area (Å²) >= 11 is 0. The predicted octanol–water partition coefficient (Wildman–Crippen LogP) is 14.6. The maximum absolute atomic E-state index is 2.58. The third-order valence-electron chi connectivity index (χ3n) is 12.3. The number of rotatable bonds is 5. The summed E-state index contributed by atoms with van der Waals surface area (Å²) in [6, 6.07) is 63.4. The molecule has 260 valence electrons. The lowest BCUT2D eigenvalue weighted by Crippen LogP contribution is -2.18. The fourth-order valence-corrected chi connectivity index (χ4v) is 9.59. The number of anilines is 3. The summed E-state index contributed by atoms with van der Waals surface area (Å²) in [5.74, 6) is 0. The molecule has 0 aliphatic heterocycles. The van der Waals surface area contributed by atoms with Crippen molar-refractivity contribution in [3.05, 3.63) is 198 Å². The van der Waals surface area contributed by atoms with Gasteiger partial charge in [-0.3, -0.25) is 0 Å². The summed E-state index contributed by atoms with van der Waals surface area (Å²) in [5.41, 5.74) is 20.2. The van der Waals surface area contributed by atoms with E-state index in [2.05, 4.69) is 209 Å². The second-order valence-electron chi connectivity index (χ2n) is 16.2. The highest BCUT2D eigenvalue weighted by atomic mass is 15.2. The quantitative estimate of drug-likeness (QED) is 0.173. The van der Waals surface area contributed by atoms with Crippen LogP contribution in [0.25, 0.3) is 55.3 Å². The van der Waals surface area contributed by atoms with Crippen LogP contribution in [0.5, 0.6) is 0 Å². The number of aryl methyl sites for hydroxylation is 1. The SMILES string of the molecule is Cc1cc(-c2ccc3ccccc3c2)cc(-c2ccccc2)c1N(c1ccc2c(c1)C(C)(C)c1ccccc1-2)c1cccc2c1-c1ccccc1C2(C)C. The maximum atomic E-state index is 2.58. The van der Waals surface area contributed by atoms with E-state index in [1.165, 1.54) is 100 Å². The highest BCUT2D eigenvalue weighted by Crippen LogP contribution is 2.57. The van der Waals surface area contributed by atoms with Crippen LogP contribution in [0, 0.1) is 6.92 Å². The normalized spacial score (nSPS) is 14.3. The van der Waals surface area contributed by atoms with Crippen molar-refractivity contribution >= 4 is 27.8 Å². The Balaban J connectivity index is 1.28. The second-order valence-corrected chi connectivity index (χ2v) is 16.2. The lowest BCUT2D eigenvalue weighted by molar-refractivity contribution is 0.660. The molecule has 2 aliphatic rings. The van der Waals surface area contributed by atoms with Gasteiger partial charge in [0.25, 0.3) is 0 Å². The van der Waals surface area contributed by atoms with Gasteiger partial charge in [0, 0.05) is 27.6 Å². The standard InChI is InChI=1S/C53H43N/c1-34-30-39(38-27-26-35-16-9-10-19-37(35)31-38)32-44(36-17-7-6-8-18-36)51(34)54(40-28-29-42-41-20-11-13-22-45(41)53(4,5)48(42)33-40)49-25-15-24-47-50(49)43-21-12-14-23-46(43)52(47,2)3/h6-33H,1-5H3. The van der Waals surface area contributed by atoms with Gasteiger partial charge in [-0.1, -0.05) is 161 Å². The number of benzene rings is 8. The molecule has 2 aliphatic carbocycles. The molecule has 54 heavy (non-hydrogen) atoms. The Morgan fingerprint density at radius 3 is 1.81 bits per heavy atom. The van der Waals surface area contributed by atoms with Crippen LogP contribution in [0.2, 0.25) is 0 Å². The van der Waals surface area contributed by atoms with Gasteiger partial charge in [-0.25, -0.2) is 0 Å². The molecule has 0 radical (unpaired) electrons. The summed E-state index contributed by atoms with van der Waals surface area (Å²) in [4.78, 5) is 2.58. The molecule has 1 heteroatoms. The molecule has 8 aromatic rings. The molecular weight excluding hydrogens is 651 g/mol. The molecule has 10 rings (SSSR count). The largest absolute Gasteiger partial charge is 0.309 e. The zero-order valence-electron chi connectivity index (χ0n) is 31.6. The fraction of sp³-hybridized carbons (Fsp3) is 0.132. The minimum atomic E-state index is -0.127. The zero-order valence-corrected chi connectivity index (χ0v) is 31.6. The summed E-state index contributed by atoms with van der Waals surface area (Å²) in [7, 11) is 0. The van der Waals surface area contributed by atoms with Gasteiger partial charge in [0.15, 0.2) is 0 Å². The van der Waals surface area contributed by atoms with E-state index in [-0.39, 0.29) is 10.8 Å². The Labute approximate surface area is 319 Å². The van der Waals surface area contributed by atoms with E-state index in [0.29, 0.717) is 0 Å². The van der Waals surface area contributed by atoms with Crippen LogP contribution in [0.1, 0.15) is 55.5 Å². The lowest BCUT2D eigenvalue weighted by atomic mass is 9.82. The van der Waals surface area contributed by atoms with Gasteiger partial charge >= 0.3 is 0 Å². The molecule has 1 nitrogen and oxygen atoms in total. The van der Waals surface area contributed by atoms with Crippen molar-refractivity contribution in [1.82, 2.24) is 0 Å². The van der Waals surface area contributed by atoms with E-state index in [1.807, 2.05) is 0 Å². The molecule has 0 fully saturated rings. The predicted molar refractivity (Wildman–Crippen MR) is 229 cm³/mol.